The molecular weight excluding hydrogens is 240 g/mol. The number of methoxy groups -OCH3 is 1. The van der Waals surface area contributed by atoms with E-state index in [-0.39, 0.29) is 5.97 Å². The number of rotatable bonds is 6. The van der Waals surface area contributed by atoms with E-state index in [1.54, 1.807) is 6.07 Å². The molecule has 0 radical (unpaired) electrons. The molecule has 0 unspecified atom stereocenters. The summed E-state index contributed by atoms with van der Waals surface area (Å²) in [6.45, 7) is 4.98. The number of carbonyl (C=O) groups excluding carboxylic acids is 1. The third kappa shape index (κ3) is 3.47. The maximum atomic E-state index is 11.8. The largest absolute Gasteiger partial charge is 0.465 e. The standard InChI is InChI=1S/C15H22N2O2/c1-3-17(9-11-7-8-11)10-12-5-4-6-13(16)14(12)15(18)19-2/h4-6,11H,3,7-10,16H2,1-2H3. The van der Waals surface area contributed by atoms with Gasteiger partial charge in [0.15, 0.2) is 0 Å². The van der Waals surface area contributed by atoms with E-state index in [1.807, 2.05) is 12.1 Å². The van der Waals surface area contributed by atoms with Crippen molar-refractivity contribution in [2.24, 2.45) is 5.92 Å². The molecule has 19 heavy (non-hydrogen) atoms. The fourth-order valence-electron chi connectivity index (χ4n) is 2.31. The Labute approximate surface area is 114 Å². The van der Waals surface area contributed by atoms with Crippen LogP contribution in [0, 0.1) is 5.92 Å². The second kappa shape index (κ2) is 6.06. The minimum Gasteiger partial charge on any atom is -0.465 e. The van der Waals surface area contributed by atoms with Gasteiger partial charge in [-0.2, -0.15) is 0 Å². The second-order valence-corrected chi connectivity index (χ2v) is 5.14. The Morgan fingerprint density at radius 2 is 2.21 bits per heavy atom. The molecule has 4 heteroatoms. The number of nitrogen functional groups attached to an aromatic ring is 1. The summed E-state index contributed by atoms with van der Waals surface area (Å²) in [6, 6.07) is 5.59. The number of nitrogens with zero attached hydrogens (tertiary/aromatic N) is 1. The zero-order valence-corrected chi connectivity index (χ0v) is 11.7. The first-order valence-corrected chi connectivity index (χ1v) is 6.83. The monoisotopic (exact) mass is 262 g/mol. The highest BCUT2D eigenvalue weighted by Crippen LogP contribution is 2.30. The first kappa shape index (κ1) is 13.9. The third-order valence-corrected chi connectivity index (χ3v) is 3.63. The molecule has 0 aliphatic heterocycles. The van der Waals surface area contributed by atoms with Gasteiger partial charge in [0.25, 0.3) is 0 Å². The molecule has 0 bridgehead atoms. The Bertz CT molecular complexity index is 455. The van der Waals surface area contributed by atoms with Crippen LogP contribution in [0.3, 0.4) is 0 Å². The van der Waals surface area contributed by atoms with Gasteiger partial charge in [-0.15, -0.1) is 0 Å². The highest BCUT2D eigenvalue weighted by atomic mass is 16.5. The van der Waals surface area contributed by atoms with E-state index in [4.69, 9.17) is 10.5 Å². The van der Waals surface area contributed by atoms with Crippen LogP contribution in [0.15, 0.2) is 18.2 Å². The highest BCUT2D eigenvalue weighted by Gasteiger charge is 2.24. The smallest absolute Gasteiger partial charge is 0.340 e. The molecule has 4 nitrogen and oxygen atoms in total. The average molecular weight is 262 g/mol. The predicted molar refractivity (Wildman–Crippen MR) is 75.9 cm³/mol. The minimum atomic E-state index is -0.351. The fraction of sp³-hybridized carbons (Fsp3) is 0.533. The number of ether oxygens (including phenoxy) is 1. The molecule has 1 aromatic rings. The molecule has 1 aliphatic carbocycles. The van der Waals surface area contributed by atoms with Crippen molar-refractivity contribution in [2.75, 3.05) is 25.9 Å². The Hall–Kier alpha value is -1.55. The van der Waals surface area contributed by atoms with Crippen molar-refractivity contribution in [3.63, 3.8) is 0 Å². The quantitative estimate of drug-likeness (QED) is 0.631. The molecule has 0 heterocycles. The molecule has 1 aromatic carbocycles. The summed E-state index contributed by atoms with van der Waals surface area (Å²) < 4.78 is 4.83. The van der Waals surface area contributed by atoms with Gasteiger partial charge in [-0.25, -0.2) is 4.79 Å². The fourth-order valence-corrected chi connectivity index (χ4v) is 2.31. The Kier molecular flexibility index (Phi) is 4.43. The van der Waals surface area contributed by atoms with E-state index < -0.39 is 0 Å². The van der Waals surface area contributed by atoms with Crippen molar-refractivity contribution in [3.8, 4) is 0 Å². The summed E-state index contributed by atoms with van der Waals surface area (Å²) in [5.41, 5.74) is 7.87. The zero-order chi connectivity index (χ0) is 13.8. The van der Waals surface area contributed by atoms with E-state index in [0.29, 0.717) is 11.3 Å². The number of anilines is 1. The Morgan fingerprint density at radius 1 is 1.47 bits per heavy atom. The van der Waals surface area contributed by atoms with Crippen molar-refractivity contribution in [2.45, 2.75) is 26.3 Å². The molecular formula is C15H22N2O2. The number of hydrogen-bond acceptors (Lipinski definition) is 4. The SMILES string of the molecule is CCN(Cc1cccc(N)c1C(=O)OC)CC1CC1. The normalized spacial score (nSPS) is 14.7. The molecule has 1 aliphatic rings. The molecule has 0 aromatic heterocycles. The van der Waals surface area contributed by atoms with Crippen LogP contribution in [0.2, 0.25) is 0 Å². The minimum absolute atomic E-state index is 0.351. The molecule has 2 rings (SSSR count). The predicted octanol–water partition coefficient (Wildman–Crippen LogP) is 2.29. The number of nitrogens with two attached hydrogens (primary N) is 1. The van der Waals surface area contributed by atoms with Crippen molar-refractivity contribution in [1.29, 1.82) is 0 Å². The lowest BCUT2D eigenvalue weighted by Crippen LogP contribution is -2.26. The molecule has 0 spiro atoms. The van der Waals surface area contributed by atoms with Gasteiger partial charge in [-0.1, -0.05) is 19.1 Å². The molecule has 1 fully saturated rings. The van der Waals surface area contributed by atoms with Crippen molar-refractivity contribution >= 4 is 11.7 Å². The molecule has 0 saturated heterocycles. The van der Waals surface area contributed by atoms with Gasteiger partial charge < -0.3 is 10.5 Å². The lowest BCUT2D eigenvalue weighted by molar-refractivity contribution is 0.0599. The van der Waals surface area contributed by atoms with Crippen molar-refractivity contribution < 1.29 is 9.53 Å². The second-order valence-electron chi connectivity index (χ2n) is 5.14. The number of carbonyl (C=O) groups is 1. The third-order valence-electron chi connectivity index (χ3n) is 3.63. The topological polar surface area (TPSA) is 55.6 Å². The maximum absolute atomic E-state index is 11.8. The van der Waals surface area contributed by atoms with E-state index in [2.05, 4.69) is 11.8 Å². The van der Waals surface area contributed by atoms with Gasteiger partial charge in [0.05, 0.1) is 12.7 Å². The van der Waals surface area contributed by atoms with E-state index in [0.717, 1.165) is 31.1 Å². The van der Waals surface area contributed by atoms with Gasteiger partial charge in [-0.3, -0.25) is 4.90 Å². The average Bonchev–Trinajstić information content (AvgIpc) is 3.21. The van der Waals surface area contributed by atoms with Gasteiger partial charge >= 0.3 is 5.97 Å². The summed E-state index contributed by atoms with van der Waals surface area (Å²) >= 11 is 0. The van der Waals surface area contributed by atoms with Crippen LogP contribution in [-0.2, 0) is 11.3 Å². The number of hydrogen-bond donors (Lipinski definition) is 1. The summed E-state index contributed by atoms with van der Waals surface area (Å²) in [4.78, 5) is 14.2. The maximum Gasteiger partial charge on any atom is 0.340 e. The van der Waals surface area contributed by atoms with Gasteiger partial charge in [0.2, 0.25) is 0 Å². The molecule has 0 amide bonds. The highest BCUT2D eigenvalue weighted by molar-refractivity contribution is 5.96. The van der Waals surface area contributed by atoms with E-state index >= 15 is 0 Å². The molecule has 104 valence electrons. The van der Waals surface area contributed by atoms with Crippen LogP contribution in [0.4, 0.5) is 5.69 Å². The lowest BCUT2D eigenvalue weighted by Gasteiger charge is -2.22. The lowest BCUT2D eigenvalue weighted by atomic mass is 10.0. The first-order valence-electron chi connectivity index (χ1n) is 6.83. The van der Waals surface area contributed by atoms with Crippen molar-refractivity contribution in [3.05, 3.63) is 29.3 Å². The van der Waals surface area contributed by atoms with Crippen molar-refractivity contribution in [1.82, 2.24) is 4.90 Å². The van der Waals surface area contributed by atoms with Crippen LogP contribution >= 0.6 is 0 Å². The van der Waals surface area contributed by atoms with Crippen LogP contribution in [0.25, 0.3) is 0 Å². The zero-order valence-electron chi connectivity index (χ0n) is 11.7. The summed E-state index contributed by atoms with van der Waals surface area (Å²) in [5, 5.41) is 0. The summed E-state index contributed by atoms with van der Waals surface area (Å²) in [7, 11) is 1.39. The molecule has 1 saturated carbocycles. The van der Waals surface area contributed by atoms with Crippen LogP contribution < -0.4 is 5.73 Å². The molecule has 0 atom stereocenters. The van der Waals surface area contributed by atoms with Gasteiger partial charge in [-0.05, 0) is 36.9 Å². The van der Waals surface area contributed by atoms with Crippen LogP contribution in [0.1, 0.15) is 35.7 Å². The first-order chi connectivity index (χ1) is 9.15. The Morgan fingerprint density at radius 3 is 2.79 bits per heavy atom. The molecule has 2 N–H and O–H groups in total. The van der Waals surface area contributed by atoms with Crippen LogP contribution in [0.5, 0.6) is 0 Å². The number of esters is 1. The van der Waals surface area contributed by atoms with Gasteiger partial charge in [0.1, 0.15) is 0 Å². The summed E-state index contributed by atoms with van der Waals surface area (Å²) in [5.74, 6) is 0.484. The van der Waals surface area contributed by atoms with E-state index in [1.165, 1.54) is 20.0 Å². The summed E-state index contributed by atoms with van der Waals surface area (Å²) in [6.07, 6.45) is 2.66. The van der Waals surface area contributed by atoms with E-state index in [9.17, 15) is 4.79 Å². The van der Waals surface area contributed by atoms with Crippen LogP contribution in [-0.4, -0.2) is 31.1 Å². The van der Waals surface area contributed by atoms with Gasteiger partial charge in [0, 0.05) is 18.8 Å². The Balaban J connectivity index is 2.17. The number of benzene rings is 1.